The largest absolute Gasteiger partial charge is 0.477 e. The number of carbonyl (C=O) groups is 2. The number of aromatic carboxylic acids is 1. The van der Waals surface area contributed by atoms with Gasteiger partial charge in [-0.3, -0.25) is 0 Å². The molecule has 1 atom stereocenters. The van der Waals surface area contributed by atoms with E-state index in [4.69, 9.17) is 5.11 Å². The standard InChI is InChI=1S/C11H17N3O3S/c1-6-4-8(9(13-6)10(15)16)14-11(17)12-5-7(2)18-3/h4,7,13H,5H2,1-3H3,(H,15,16)(H2,12,14,17). The van der Waals surface area contributed by atoms with Gasteiger partial charge in [0.15, 0.2) is 0 Å². The van der Waals surface area contributed by atoms with E-state index in [1.807, 2.05) is 13.2 Å². The molecular weight excluding hydrogens is 254 g/mol. The van der Waals surface area contributed by atoms with Crippen molar-refractivity contribution in [3.63, 3.8) is 0 Å². The fraction of sp³-hybridized carbons (Fsp3) is 0.455. The molecular formula is C11H17N3O3S. The number of amides is 2. The fourth-order valence-corrected chi connectivity index (χ4v) is 1.59. The highest BCUT2D eigenvalue weighted by atomic mass is 32.2. The van der Waals surface area contributed by atoms with E-state index in [2.05, 4.69) is 15.6 Å². The van der Waals surface area contributed by atoms with Crippen molar-refractivity contribution >= 4 is 29.4 Å². The van der Waals surface area contributed by atoms with E-state index in [-0.39, 0.29) is 11.4 Å². The number of anilines is 1. The number of urea groups is 1. The molecule has 0 fully saturated rings. The lowest BCUT2D eigenvalue weighted by Gasteiger charge is -2.10. The zero-order valence-electron chi connectivity index (χ0n) is 10.5. The van der Waals surface area contributed by atoms with Gasteiger partial charge in [-0.15, -0.1) is 0 Å². The van der Waals surface area contributed by atoms with Crippen LogP contribution in [0.25, 0.3) is 0 Å². The van der Waals surface area contributed by atoms with Crippen molar-refractivity contribution in [3.05, 3.63) is 17.5 Å². The predicted octanol–water partition coefficient (Wildman–Crippen LogP) is 1.89. The quantitative estimate of drug-likeness (QED) is 0.658. The predicted molar refractivity (Wildman–Crippen MR) is 72.5 cm³/mol. The van der Waals surface area contributed by atoms with Crippen molar-refractivity contribution < 1.29 is 14.7 Å². The van der Waals surface area contributed by atoms with Gasteiger partial charge in [-0.1, -0.05) is 6.92 Å². The van der Waals surface area contributed by atoms with E-state index < -0.39 is 12.0 Å². The Kier molecular flexibility index (Phi) is 5.08. The molecule has 18 heavy (non-hydrogen) atoms. The minimum atomic E-state index is -1.10. The monoisotopic (exact) mass is 271 g/mol. The number of rotatable bonds is 5. The zero-order chi connectivity index (χ0) is 13.7. The Morgan fingerprint density at radius 1 is 1.56 bits per heavy atom. The van der Waals surface area contributed by atoms with Crippen LogP contribution in [0.15, 0.2) is 6.07 Å². The summed E-state index contributed by atoms with van der Waals surface area (Å²) in [6.45, 7) is 4.25. The van der Waals surface area contributed by atoms with Crippen LogP contribution in [-0.4, -0.2) is 40.1 Å². The fourth-order valence-electron chi connectivity index (χ4n) is 1.34. The molecule has 1 rings (SSSR count). The summed E-state index contributed by atoms with van der Waals surface area (Å²) in [7, 11) is 0. The first-order valence-corrected chi connectivity index (χ1v) is 6.73. The summed E-state index contributed by atoms with van der Waals surface area (Å²) < 4.78 is 0. The first-order chi connectivity index (χ1) is 8.43. The minimum Gasteiger partial charge on any atom is -0.477 e. The molecule has 7 heteroatoms. The third-order valence-corrected chi connectivity index (χ3v) is 3.34. The zero-order valence-corrected chi connectivity index (χ0v) is 11.4. The van der Waals surface area contributed by atoms with Gasteiger partial charge < -0.3 is 20.7 Å². The SMILES string of the molecule is CSC(C)CNC(=O)Nc1cc(C)[nH]c1C(=O)O. The normalized spacial score (nSPS) is 11.9. The molecule has 4 N–H and O–H groups in total. The molecule has 0 saturated heterocycles. The van der Waals surface area contributed by atoms with Gasteiger partial charge in [-0.25, -0.2) is 9.59 Å². The molecule has 0 aromatic carbocycles. The average molecular weight is 271 g/mol. The number of aromatic nitrogens is 1. The van der Waals surface area contributed by atoms with Crippen LogP contribution in [-0.2, 0) is 0 Å². The Labute approximate surface area is 110 Å². The Bertz CT molecular complexity index is 445. The maximum atomic E-state index is 11.6. The second kappa shape index (κ2) is 6.34. The molecule has 0 aliphatic heterocycles. The summed E-state index contributed by atoms with van der Waals surface area (Å²) in [5.41, 5.74) is 0.940. The van der Waals surface area contributed by atoms with Gasteiger partial charge in [0.2, 0.25) is 0 Å². The number of thioether (sulfide) groups is 1. The van der Waals surface area contributed by atoms with E-state index in [1.54, 1.807) is 24.8 Å². The number of aryl methyl sites for hydroxylation is 1. The Morgan fingerprint density at radius 2 is 2.22 bits per heavy atom. The number of nitrogens with one attached hydrogen (secondary N) is 3. The van der Waals surface area contributed by atoms with Crippen LogP contribution in [0.1, 0.15) is 23.1 Å². The van der Waals surface area contributed by atoms with Crippen molar-refractivity contribution in [2.24, 2.45) is 0 Å². The molecule has 1 aromatic rings. The first-order valence-electron chi connectivity index (χ1n) is 5.44. The van der Waals surface area contributed by atoms with Gasteiger partial charge in [0.25, 0.3) is 0 Å². The lowest BCUT2D eigenvalue weighted by molar-refractivity contribution is 0.0692. The van der Waals surface area contributed by atoms with Gasteiger partial charge in [0.1, 0.15) is 5.69 Å². The summed E-state index contributed by atoms with van der Waals surface area (Å²) in [6.07, 6.45) is 1.96. The summed E-state index contributed by atoms with van der Waals surface area (Å²) in [5.74, 6) is -1.10. The molecule has 1 heterocycles. The van der Waals surface area contributed by atoms with Crippen LogP contribution >= 0.6 is 11.8 Å². The van der Waals surface area contributed by atoms with E-state index in [0.29, 0.717) is 17.5 Å². The van der Waals surface area contributed by atoms with Crippen LogP contribution in [0.5, 0.6) is 0 Å². The van der Waals surface area contributed by atoms with E-state index >= 15 is 0 Å². The summed E-state index contributed by atoms with van der Waals surface area (Å²) in [6, 6.07) is 1.18. The third-order valence-electron chi connectivity index (χ3n) is 2.37. The van der Waals surface area contributed by atoms with Gasteiger partial charge in [-0.2, -0.15) is 11.8 Å². The maximum Gasteiger partial charge on any atom is 0.354 e. The highest BCUT2D eigenvalue weighted by molar-refractivity contribution is 7.99. The van der Waals surface area contributed by atoms with Crippen molar-refractivity contribution in [2.45, 2.75) is 19.1 Å². The molecule has 1 aromatic heterocycles. The maximum absolute atomic E-state index is 11.6. The lowest BCUT2D eigenvalue weighted by Crippen LogP contribution is -2.33. The molecule has 0 saturated carbocycles. The number of aromatic amines is 1. The molecule has 0 spiro atoms. The topological polar surface area (TPSA) is 94.2 Å². The second-order valence-corrected chi connectivity index (χ2v) is 5.20. The van der Waals surface area contributed by atoms with Crippen molar-refractivity contribution in [2.75, 3.05) is 18.1 Å². The molecule has 0 aliphatic carbocycles. The number of carboxylic acid groups (broad SMARTS) is 1. The Morgan fingerprint density at radius 3 is 2.78 bits per heavy atom. The van der Waals surface area contributed by atoms with E-state index in [1.165, 1.54) is 0 Å². The number of H-pyrrole nitrogens is 1. The Hall–Kier alpha value is -1.63. The third kappa shape index (κ3) is 3.99. The van der Waals surface area contributed by atoms with Crippen molar-refractivity contribution in [1.29, 1.82) is 0 Å². The van der Waals surface area contributed by atoms with Crippen LogP contribution in [0.2, 0.25) is 0 Å². The number of carbonyl (C=O) groups excluding carboxylic acids is 1. The van der Waals surface area contributed by atoms with Crippen molar-refractivity contribution in [1.82, 2.24) is 10.3 Å². The summed E-state index contributed by atoms with van der Waals surface area (Å²) in [4.78, 5) is 25.2. The van der Waals surface area contributed by atoms with Gasteiger partial charge in [-0.05, 0) is 19.2 Å². The number of hydrogen-bond acceptors (Lipinski definition) is 3. The van der Waals surface area contributed by atoms with E-state index in [0.717, 1.165) is 0 Å². The van der Waals surface area contributed by atoms with Gasteiger partial charge >= 0.3 is 12.0 Å². The lowest BCUT2D eigenvalue weighted by atomic mass is 10.3. The summed E-state index contributed by atoms with van der Waals surface area (Å²) >= 11 is 1.64. The Balaban J connectivity index is 2.61. The van der Waals surface area contributed by atoms with Crippen LogP contribution in [0.3, 0.4) is 0 Å². The van der Waals surface area contributed by atoms with Crippen LogP contribution in [0, 0.1) is 6.92 Å². The smallest absolute Gasteiger partial charge is 0.354 e. The van der Waals surface area contributed by atoms with Gasteiger partial charge in [0.05, 0.1) is 5.69 Å². The molecule has 0 radical (unpaired) electrons. The van der Waals surface area contributed by atoms with Crippen molar-refractivity contribution in [3.8, 4) is 0 Å². The molecule has 6 nitrogen and oxygen atoms in total. The minimum absolute atomic E-state index is 0.0134. The number of carboxylic acids is 1. The highest BCUT2D eigenvalue weighted by Gasteiger charge is 2.15. The van der Waals surface area contributed by atoms with E-state index in [9.17, 15) is 9.59 Å². The summed E-state index contributed by atoms with van der Waals surface area (Å²) in [5, 5.41) is 14.5. The molecule has 100 valence electrons. The molecule has 1 unspecified atom stereocenters. The highest BCUT2D eigenvalue weighted by Crippen LogP contribution is 2.16. The van der Waals surface area contributed by atoms with Gasteiger partial charge in [0, 0.05) is 17.5 Å². The average Bonchev–Trinajstić information content (AvgIpc) is 2.67. The second-order valence-electron chi connectivity index (χ2n) is 3.93. The first kappa shape index (κ1) is 14.4. The molecule has 2 amide bonds. The number of hydrogen-bond donors (Lipinski definition) is 4. The molecule has 0 aliphatic rings. The molecule has 0 bridgehead atoms. The van der Waals surface area contributed by atoms with Crippen LogP contribution in [0.4, 0.5) is 10.5 Å². The van der Waals surface area contributed by atoms with Crippen LogP contribution < -0.4 is 10.6 Å².